The molecular formula is C28H28N4O. The first-order valence-corrected chi connectivity index (χ1v) is 11.4. The van der Waals surface area contributed by atoms with E-state index in [9.17, 15) is 0 Å². The lowest BCUT2D eigenvalue weighted by molar-refractivity contribution is 0.211. The zero-order chi connectivity index (χ0) is 22.5. The van der Waals surface area contributed by atoms with Gasteiger partial charge in [-0.1, -0.05) is 72.8 Å². The van der Waals surface area contributed by atoms with Crippen LogP contribution in [-0.4, -0.2) is 48.2 Å². The monoisotopic (exact) mass is 436 g/mol. The summed E-state index contributed by atoms with van der Waals surface area (Å²) < 4.78 is 5.24. The molecule has 0 amide bonds. The van der Waals surface area contributed by atoms with Crippen LogP contribution in [-0.2, 0) is 0 Å². The summed E-state index contributed by atoms with van der Waals surface area (Å²) in [6.07, 6.45) is 3.82. The molecule has 5 heteroatoms. The van der Waals surface area contributed by atoms with Crippen LogP contribution in [0, 0.1) is 0 Å². The average Bonchev–Trinajstić information content (AvgIpc) is 2.91. The molecule has 0 unspecified atom stereocenters. The predicted molar refractivity (Wildman–Crippen MR) is 133 cm³/mol. The zero-order valence-electron chi connectivity index (χ0n) is 18.8. The lowest BCUT2D eigenvalue weighted by Crippen LogP contribution is -2.48. The highest BCUT2D eigenvalue weighted by Gasteiger charge is 2.27. The summed E-state index contributed by atoms with van der Waals surface area (Å²) >= 11 is 0. The number of benzene rings is 3. The first-order valence-electron chi connectivity index (χ1n) is 11.4. The summed E-state index contributed by atoms with van der Waals surface area (Å²) in [4.78, 5) is 14.2. The molecule has 0 saturated carbocycles. The van der Waals surface area contributed by atoms with Gasteiger partial charge in [-0.05, 0) is 28.8 Å². The molecule has 1 saturated heterocycles. The van der Waals surface area contributed by atoms with Gasteiger partial charge in [0.05, 0.1) is 13.2 Å². The molecule has 166 valence electrons. The van der Waals surface area contributed by atoms with Gasteiger partial charge < -0.3 is 9.64 Å². The maximum atomic E-state index is 5.24. The van der Waals surface area contributed by atoms with Crippen molar-refractivity contribution < 1.29 is 4.74 Å². The Morgan fingerprint density at radius 2 is 1.21 bits per heavy atom. The van der Waals surface area contributed by atoms with Gasteiger partial charge in [0, 0.05) is 44.1 Å². The SMILES string of the molecule is COc1ccc(-c2cnc(N3CCN(C(c4ccccc4)c4ccccc4)CC3)nc2)cc1. The van der Waals surface area contributed by atoms with Crippen LogP contribution in [0.1, 0.15) is 17.2 Å². The minimum Gasteiger partial charge on any atom is -0.497 e. The highest BCUT2D eigenvalue weighted by molar-refractivity contribution is 5.63. The molecule has 0 N–H and O–H groups in total. The number of piperazine rings is 1. The number of methoxy groups -OCH3 is 1. The Labute approximate surface area is 195 Å². The largest absolute Gasteiger partial charge is 0.497 e. The summed E-state index contributed by atoms with van der Waals surface area (Å²) in [7, 11) is 1.68. The van der Waals surface area contributed by atoms with Crippen molar-refractivity contribution in [2.75, 3.05) is 38.2 Å². The molecule has 0 atom stereocenters. The minimum atomic E-state index is 0.257. The van der Waals surface area contributed by atoms with E-state index in [1.807, 2.05) is 36.7 Å². The molecule has 1 aliphatic heterocycles. The van der Waals surface area contributed by atoms with Crippen molar-refractivity contribution in [3.63, 3.8) is 0 Å². The van der Waals surface area contributed by atoms with Crippen LogP contribution >= 0.6 is 0 Å². The van der Waals surface area contributed by atoms with E-state index in [4.69, 9.17) is 4.74 Å². The second kappa shape index (κ2) is 9.84. The molecule has 0 spiro atoms. The third-order valence-electron chi connectivity index (χ3n) is 6.25. The fraction of sp³-hybridized carbons (Fsp3) is 0.214. The van der Waals surface area contributed by atoms with Crippen molar-refractivity contribution >= 4 is 5.95 Å². The second-order valence-electron chi connectivity index (χ2n) is 8.25. The van der Waals surface area contributed by atoms with Crippen LogP contribution in [0.5, 0.6) is 5.75 Å². The standard InChI is InChI=1S/C28H28N4O/c1-33-26-14-12-22(13-15-26)25-20-29-28(30-21-25)32-18-16-31(17-19-32)27(23-8-4-2-5-9-23)24-10-6-3-7-11-24/h2-15,20-21,27H,16-19H2,1H3. The fourth-order valence-corrected chi connectivity index (χ4v) is 4.48. The summed E-state index contributed by atoms with van der Waals surface area (Å²) in [5, 5.41) is 0. The number of hydrogen-bond donors (Lipinski definition) is 0. The molecule has 0 bridgehead atoms. The van der Waals surface area contributed by atoms with Crippen molar-refractivity contribution in [3.8, 4) is 16.9 Å². The van der Waals surface area contributed by atoms with E-state index in [1.54, 1.807) is 7.11 Å². The zero-order valence-corrected chi connectivity index (χ0v) is 18.8. The predicted octanol–water partition coefficient (Wildman–Crippen LogP) is 5.06. The van der Waals surface area contributed by atoms with Gasteiger partial charge in [0.2, 0.25) is 5.95 Å². The number of rotatable bonds is 6. The third kappa shape index (κ3) is 4.73. The Morgan fingerprint density at radius 1 is 0.667 bits per heavy atom. The van der Waals surface area contributed by atoms with Gasteiger partial charge >= 0.3 is 0 Å². The van der Waals surface area contributed by atoms with Gasteiger partial charge in [-0.15, -0.1) is 0 Å². The number of anilines is 1. The van der Waals surface area contributed by atoms with Crippen molar-refractivity contribution in [1.82, 2.24) is 14.9 Å². The van der Waals surface area contributed by atoms with Crippen molar-refractivity contribution in [2.45, 2.75) is 6.04 Å². The summed E-state index contributed by atoms with van der Waals surface area (Å²) in [5.74, 6) is 1.64. The molecule has 2 heterocycles. The second-order valence-corrected chi connectivity index (χ2v) is 8.25. The van der Waals surface area contributed by atoms with Crippen LogP contribution < -0.4 is 9.64 Å². The maximum Gasteiger partial charge on any atom is 0.225 e. The first kappa shape index (κ1) is 21.2. The van der Waals surface area contributed by atoms with E-state index in [1.165, 1.54) is 11.1 Å². The first-order chi connectivity index (χ1) is 16.3. The van der Waals surface area contributed by atoms with E-state index in [0.717, 1.165) is 49.0 Å². The van der Waals surface area contributed by atoms with Crippen LogP contribution in [0.4, 0.5) is 5.95 Å². The Morgan fingerprint density at radius 3 is 1.73 bits per heavy atom. The Kier molecular flexibility index (Phi) is 6.31. The normalized spacial score (nSPS) is 14.4. The number of hydrogen-bond acceptors (Lipinski definition) is 5. The van der Waals surface area contributed by atoms with E-state index < -0.39 is 0 Å². The van der Waals surface area contributed by atoms with E-state index in [-0.39, 0.29) is 6.04 Å². The van der Waals surface area contributed by atoms with Gasteiger partial charge in [0.1, 0.15) is 5.75 Å². The summed E-state index contributed by atoms with van der Waals surface area (Å²) in [6.45, 7) is 3.71. The molecule has 1 aromatic heterocycles. The topological polar surface area (TPSA) is 41.5 Å². The van der Waals surface area contributed by atoms with Gasteiger partial charge in [0.15, 0.2) is 0 Å². The average molecular weight is 437 g/mol. The third-order valence-corrected chi connectivity index (χ3v) is 6.25. The van der Waals surface area contributed by atoms with E-state index in [0.29, 0.717) is 0 Å². The molecule has 33 heavy (non-hydrogen) atoms. The quantitative estimate of drug-likeness (QED) is 0.422. The Hall–Kier alpha value is -3.70. The number of ether oxygens (including phenoxy) is 1. The molecule has 5 nitrogen and oxygen atoms in total. The van der Waals surface area contributed by atoms with Gasteiger partial charge in [-0.3, -0.25) is 4.90 Å². The van der Waals surface area contributed by atoms with Crippen molar-refractivity contribution in [1.29, 1.82) is 0 Å². The number of nitrogens with zero attached hydrogens (tertiary/aromatic N) is 4. The van der Waals surface area contributed by atoms with Crippen LogP contribution in [0.3, 0.4) is 0 Å². The molecule has 0 radical (unpaired) electrons. The highest BCUT2D eigenvalue weighted by atomic mass is 16.5. The van der Waals surface area contributed by atoms with Crippen molar-refractivity contribution in [3.05, 3.63) is 108 Å². The van der Waals surface area contributed by atoms with E-state index in [2.05, 4.69) is 80.4 Å². The molecule has 1 aliphatic rings. The van der Waals surface area contributed by atoms with Crippen LogP contribution in [0.15, 0.2) is 97.3 Å². The molecule has 5 rings (SSSR count). The van der Waals surface area contributed by atoms with Crippen LogP contribution in [0.25, 0.3) is 11.1 Å². The molecule has 3 aromatic carbocycles. The summed E-state index contributed by atoms with van der Waals surface area (Å²) in [6, 6.07) is 29.8. The Bertz CT molecular complexity index is 1100. The fourth-order valence-electron chi connectivity index (χ4n) is 4.48. The molecule has 4 aromatic rings. The van der Waals surface area contributed by atoms with Gasteiger partial charge in [-0.25, -0.2) is 9.97 Å². The van der Waals surface area contributed by atoms with E-state index >= 15 is 0 Å². The summed E-state index contributed by atoms with van der Waals surface area (Å²) in [5.41, 5.74) is 4.75. The van der Waals surface area contributed by atoms with Gasteiger partial charge in [-0.2, -0.15) is 0 Å². The molecular weight excluding hydrogens is 408 g/mol. The lowest BCUT2D eigenvalue weighted by atomic mass is 9.96. The van der Waals surface area contributed by atoms with Crippen LogP contribution in [0.2, 0.25) is 0 Å². The molecule has 1 fully saturated rings. The molecule has 0 aliphatic carbocycles. The Balaban J connectivity index is 1.29. The van der Waals surface area contributed by atoms with Crippen molar-refractivity contribution in [2.24, 2.45) is 0 Å². The minimum absolute atomic E-state index is 0.257. The highest BCUT2D eigenvalue weighted by Crippen LogP contribution is 2.30. The maximum absolute atomic E-state index is 5.24. The number of aromatic nitrogens is 2. The smallest absolute Gasteiger partial charge is 0.225 e. The van der Waals surface area contributed by atoms with Gasteiger partial charge in [0.25, 0.3) is 0 Å². The lowest BCUT2D eigenvalue weighted by Gasteiger charge is -2.39.